The Balaban J connectivity index is 2.06. The summed E-state index contributed by atoms with van der Waals surface area (Å²) in [5, 5.41) is 3.07. The number of anilines is 1. The van der Waals surface area contributed by atoms with Crippen LogP contribution in [0.3, 0.4) is 0 Å². The standard InChI is InChI=1S/C14H20N2O/c1-15-13-9-4-3-8-12(13)14(17)16(2)10-11-6-5-7-11/h3-4,8-9,11,15H,5-7,10H2,1-2H3. The fourth-order valence-electron chi connectivity index (χ4n) is 2.24. The van der Waals surface area contributed by atoms with Crippen molar-refractivity contribution in [2.75, 3.05) is 26.0 Å². The first kappa shape index (κ1) is 12.0. The first-order valence-corrected chi connectivity index (χ1v) is 6.24. The minimum Gasteiger partial charge on any atom is -0.387 e. The Morgan fingerprint density at radius 1 is 1.41 bits per heavy atom. The molecule has 3 heteroatoms. The van der Waals surface area contributed by atoms with Crippen molar-refractivity contribution >= 4 is 11.6 Å². The molecule has 0 aromatic heterocycles. The van der Waals surface area contributed by atoms with Crippen molar-refractivity contribution in [3.05, 3.63) is 29.8 Å². The lowest BCUT2D eigenvalue weighted by Crippen LogP contribution is -2.34. The molecule has 0 heterocycles. The van der Waals surface area contributed by atoms with E-state index in [1.54, 1.807) is 0 Å². The molecular formula is C14H20N2O. The van der Waals surface area contributed by atoms with E-state index in [4.69, 9.17) is 0 Å². The fraction of sp³-hybridized carbons (Fsp3) is 0.500. The van der Waals surface area contributed by atoms with Crippen molar-refractivity contribution in [3.8, 4) is 0 Å². The highest BCUT2D eigenvalue weighted by molar-refractivity contribution is 5.99. The van der Waals surface area contributed by atoms with Crippen LogP contribution in [0.4, 0.5) is 5.69 Å². The van der Waals surface area contributed by atoms with E-state index >= 15 is 0 Å². The van der Waals surface area contributed by atoms with E-state index in [0.717, 1.165) is 17.8 Å². The number of rotatable bonds is 4. The van der Waals surface area contributed by atoms with E-state index in [2.05, 4.69) is 5.32 Å². The number of nitrogens with one attached hydrogen (secondary N) is 1. The molecule has 17 heavy (non-hydrogen) atoms. The molecule has 0 unspecified atom stereocenters. The second kappa shape index (κ2) is 5.21. The van der Waals surface area contributed by atoms with Gasteiger partial charge in [0.05, 0.1) is 5.56 Å². The zero-order valence-corrected chi connectivity index (χ0v) is 10.6. The number of carbonyl (C=O) groups is 1. The lowest BCUT2D eigenvalue weighted by Gasteiger charge is -2.30. The van der Waals surface area contributed by atoms with Crippen LogP contribution in [0.15, 0.2) is 24.3 Å². The van der Waals surface area contributed by atoms with E-state index < -0.39 is 0 Å². The van der Waals surface area contributed by atoms with Crippen molar-refractivity contribution in [3.63, 3.8) is 0 Å². The summed E-state index contributed by atoms with van der Waals surface area (Å²) in [7, 11) is 3.74. The second-order valence-electron chi connectivity index (χ2n) is 4.78. The zero-order valence-electron chi connectivity index (χ0n) is 10.6. The maximum Gasteiger partial charge on any atom is 0.255 e. The van der Waals surface area contributed by atoms with Crippen molar-refractivity contribution in [2.45, 2.75) is 19.3 Å². The molecule has 3 nitrogen and oxygen atoms in total. The number of benzene rings is 1. The monoisotopic (exact) mass is 232 g/mol. The van der Waals surface area contributed by atoms with Crippen LogP contribution < -0.4 is 5.32 Å². The normalized spacial score (nSPS) is 15.2. The molecule has 1 aliphatic rings. The summed E-state index contributed by atoms with van der Waals surface area (Å²) in [4.78, 5) is 14.1. The predicted octanol–water partition coefficient (Wildman–Crippen LogP) is 2.60. The Hall–Kier alpha value is -1.51. The Morgan fingerprint density at radius 2 is 2.12 bits per heavy atom. The van der Waals surface area contributed by atoms with Gasteiger partial charge in [0, 0.05) is 26.3 Å². The van der Waals surface area contributed by atoms with Gasteiger partial charge in [0.25, 0.3) is 5.91 Å². The number of hydrogen-bond donors (Lipinski definition) is 1. The molecule has 0 bridgehead atoms. The number of carbonyl (C=O) groups excluding carboxylic acids is 1. The number of para-hydroxylation sites is 1. The molecule has 0 spiro atoms. The fourth-order valence-corrected chi connectivity index (χ4v) is 2.24. The first-order valence-electron chi connectivity index (χ1n) is 6.24. The number of nitrogens with zero attached hydrogens (tertiary/aromatic N) is 1. The van der Waals surface area contributed by atoms with Crippen LogP contribution in [0.25, 0.3) is 0 Å². The van der Waals surface area contributed by atoms with Gasteiger partial charge in [-0.15, -0.1) is 0 Å². The molecule has 1 N–H and O–H groups in total. The summed E-state index contributed by atoms with van der Waals surface area (Å²) in [6, 6.07) is 7.66. The molecule has 1 saturated carbocycles. The Bertz CT molecular complexity index is 399. The molecule has 1 aromatic rings. The van der Waals surface area contributed by atoms with Gasteiger partial charge in [0.2, 0.25) is 0 Å². The highest BCUT2D eigenvalue weighted by Gasteiger charge is 2.22. The molecule has 1 aromatic carbocycles. The first-order chi connectivity index (χ1) is 8.22. The average Bonchev–Trinajstić information content (AvgIpc) is 2.32. The minimum atomic E-state index is 0.113. The third-order valence-corrected chi connectivity index (χ3v) is 3.53. The van der Waals surface area contributed by atoms with E-state index in [1.807, 2.05) is 43.3 Å². The van der Waals surface area contributed by atoms with Gasteiger partial charge < -0.3 is 10.2 Å². The van der Waals surface area contributed by atoms with Gasteiger partial charge >= 0.3 is 0 Å². The zero-order chi connectivity index (χ0) is 12.3. The summed E-state index contributed by atoms with van der Waals surface area (Å²) in [6.07, 6.45) is 3.86. The maximum atomic E-state index is 12.3. The Labute approximate surface area is 103 Å². The Morgan fingerprint density at radius 3 is 2.71 bits per heavy atom. The summed E-state index contributed by atoms with van der Waals surface area (Å²) < 4.78 is 0. The van der Waals surface area contributed by atoms with Crippen molar-refractivity contribution in [1.82, 2.24) is 4.90 Å². The van der Waals surface area contributed by atoms with Crippen molar-refractivity contribution < 1.29 is 4.79 Å². The van der Waals surface area contributed by atoms with Crippen LogP contribution in [0.2, 0.25) is 0 Å². The Kier molecular flexibility index (Phi) is 3.67. The van der Waals surface area contributed by atoms with Gasteiger partial charge in [-0.25, -0.2) is 0 Å². The van der Waals surface area contributed by atoms with Gasteiger partial charge in [-0.05, 0) is 30.9 Å². The molecule has 1 aliphatic carbocycles. The lowest BCUT2D eigenvalue weighted by molar-refractivity contribution is 0.0746. The van der Waals surface area contributed by atoms with Crippen LogP contribution in [-0.4, -0.2) is 31.4 Å². The van der Waals surface area contributed by atoms with Crippen LogP contribution in [0, 0.1) is 5.92 Å². The van der Waals surface area contributed by atoms with Gasteiger partial charge in [-0.3, -0.25) is 4.79 Å². The molecule has 0 aliphatic heterocycles. The summed E-state index contributed by atoms with van der Waals surface area (Å²) >= 11 is 0. The molecule has 0 saturated heterocycles. The van der Waals surface area contributed by atoms with Gasteiger partial charge in [0.1, 0.15) is 0 Å². The highest BCUT2D eigenvalue weighted by atomic mass is 16.2. The minimum absolute atomic E-state index is 0.113. The third kappa shape index (κ3) is 2.60. The number of amides is 1. The molecule has 2 rings (SSSR count). The van der Waals surface area contributed by atoms with E-state index in [9.17, 15) is 4.79 Å². The summed E-state index contributed by atoms with van der Waals surface area (Å²) in [6.45, 7) is 0.886. The maximum absolute atomic E-state index is 12.3. The third-order valence-electron chi connectivity index (χ3n) is 3.53. The largest absolute Gasteiger partial charge is 0.387 e. The smallest absolute Gasteiger partial charge is 0.255 e. The summed E-state index contributed by atoms with van der Waals surface area (Å²) in [5.74, 6) is 0.826. The lowest BCUT2D eigenvalue weighted by atomic mass is 9.85. The van der Waals surface area contributed by atoms with E-state index in [0.29, 0.717) is 5.92 Å². The van der Waals surface area contributed by atoms with Crippen LogP contribution in [0.1, 0.15) is 29.6 Å². The topological polar surface area (TPSA) is 32.3 Å². The second-order valence-corrected chi connectivity index (χ2v) is 4.78. The molecule has 92 valence electrons. The van der Waals surface area contributed by atoms with Crippen molar-refractivity contribution in [2.24, 2.45) is 5.92 Å². The van der Waals surface area contributed by atoms with Crippen LogP contribution in [0.5, 0.6) is 0 Å². The predicted molar refractivity (Wildman–Crippen MR) is 70.3 cm³/mol. The van der Waals surface area contributed by atoms with Crippen LogP contribution in [-0.2, 0) is 0 Å². The molecular weight excluding hydrogens is 212 g/mol. The summed E-state index contributed by atoms with van der Waals surface area (Å²) in [5.41, 5.74) is 1.66. The molecule has 0 atom stereocenters. The molecule has 0 radical (unpaired) electrons. The van der Waals surface area contributed by atoms with Gasteiger partial charge in [0.15, 0.2) is 0 Å². The quantitative estimate of drug-likeness (QED) is 0.865. The van der Waals surface area contributed by atoms with Crippen molar-refractivity contribution in [1.29, 1.82) is 0 Å². The SMILES string of the molecule is CNc1ccccc1C(=O)N(C)CC1CCC1. The highest BCUT2D eigenvalue weighted by Crippen LogP contribution is 2.27. The average molecular weight is 232 g/mol. The van der Waals surface area contributed by atoms with Gasteiger partial charge in [-0.1, -0.05) is 18.6 Å². The molecule has 1 amide bonds. The van der Waals surface area contributed by atoms with E-state index in [1.165, 1.54) is 19.3 Å². The van der Waals surface area contributed by atoms with E-state index in [-0.39, 0.29) is 5.91 Å². The number of hydrogen-bond acceptors (Lipinski definition) is 2. The van der Waals surface area contributed by atoms with Gasteiger partial charge in [-0.2, -0.15) is 0 Å². The van der Waals surface area contributed by atoms with Crippen LogP contribution >= 0.6 is 0 Å². The molecule has 1 fully saturated rings.